The van der Waals surface area contributed by atoms with Crippen molar-refractivity contribution in [1.29, 1.82) is 0 Å². The number of benzene rings is 1. The van der Waals surface area contributed by atoms with Gasteiger partial charge in [-0.15, -0.1) is 0 Å². The molecule has 4 atom stereocenters. The van der Waals surface area contributed by atoms with E-state index >= 15 is 0 Å². The van der Waals surface area contributed by atoms with Crippen LogP contribution in [0.15, 0.2) is 28.7 Å². The zero-order chi connectivity index (χ0) is 18.7. The van der Waals surface area contributed by atoms with Crippen molar-refractivity contribution < 1.29 is 13.9 Å². The van der Waals surface area contributed by atoms with Crippen LogP contribution in [0.4, 0.5) is 5.69 Å². The summed E-state index contributed by atoms with van der Waals surface area (Å²) in [6.45, 7) is 3.35. The second kappa shape index (κ2) is 6.35. The molecule has 4 nitrogen and oxygen atoms in total. The highest BCUT2D eigenvalue weighted by Crippen LogP contribution is 2.59. The molecular weight excluding hydrogens is 350 g/mol. The summed E-state index contributed by atoms with van der Waals surface area (Å²) in [5.41, 5.74) is 1.85. The average Bonchev–Trinajstić information content (AvgIpc) is 3.23. The van der Waals surface area contributed by atoms with Crippen molar-refractivity contribution in [2.75, 3.05) is 31.2 Å². The number of ether oxygens (including phenoxy) is 1. The van der Waals surface area contributed by atoms with Gasteiger partial charge in [0, 0.05) is 35.6 Å². The highest BCUT2D eigenvalue weighted by Gasteiger charge is 2.53. The SMILES string of the molecule is O=C(c1cc2ccc(N3CCOCC3)cc2o1)C12CCCC3CC(CC3C1)C2. The first kappa shape index (κ1) is 17.1. The molecule has 4 heteroatoms. The fourth-order valence-corrected chi connectivity index (χ4v) is 6.86. The molecule has 3 bridgehead atoms. The predicted octanol–water partition coefficient (Wildman–Crippen LogP) is 5.06. The molecule has 1 saturated heterocycles. The van der Waals surface area contributed by atoms with Crippen LogP contribution in [0, 0.1) is 23.2 Å². The number of fused-ring (bicyclic) bond motifs is 3. The molecule has 3 saturated carbocycles. The zero-order valence-corrected chi connectivity index (χ0v) is 16.5. The van der Waals surface area contributed by atoms with Gasteiger partial charge in [-0.1, -0.05) is 12.8 Å². The maximum Gasteiger partial charge on any atom is 0.204 e. The Kier molecular flexibility index (Phi) is 3.87. The van der Waals surface area contributed by atoms with Gasteiger partial charge in [-0.3, -0.25) is 4.79 Å². The molecule has 1 aromatic carbocycles. The second-order valence-electron chi connectivity index (χ2n) is 9.70. The minimum atomic E-state index is -0.153. The fraction of sp³-hybridized carbons (Fsp3) is 0.625. The standard InChI is InChI=1S/C24H29NO3/c26-23(24-5-1-2-17-10-16(14-24)11-19(17)15-24)22-12-18-3-4-20(13-21(18)28-22)25-6-8-27-9-7-25/h3-4,12-13,16-17,19H,1-2,5-11,14-15H2. The fourth-order valence-electron chi connectivity index (χ4n) is 6.86. The molecule has 4 fully saturated rings. The van der Waals surface area contributed by atoms with Crippen LogP contribution in [-0.2, 0) is 4.74 Å². The predicted molar refractivity (Wildman–Crippen MR) is 109 cm³/mol. The van der Waals surface area contributed by atoms with E-state index in [1.165, 1.54) is 25.7 Å². The molecule has 1 aromatic heterocycles. The van der Waals surface area contributed by atoms with Crippen LogP contribution < -0.4 is 4.90 Å². The van der Waals surface area contributed by atoms with Gasteiger partial charge in [-0.2, -0.15) is 0 Å². The number of hydrogen-bond donors (Lipinski definition) is 0. The number of morpholine rings is 1. The first-order valence-electron chi connectivity index (χ1n) is 11.1. The Balaban J connectivity index is 1.32. The summed E-state index contributed by atoms with van der Waals surface area (Å²) in [6.07, 6.45) is 8.52. The first-order valence-corrected chi connectivity index (χ1v) is 11.1. The molecule has 148 valence electrons. The number of carbonyl (C=O) groups is 1. The van der Waals surface area contributed by atoms with Gasteiger partial charge in [0.05, 0.1) is 13.2 Å². The summed E-state index contributed by atoms with van der Waals surface area (Å²) in [7, 11) is 0. The first-order chi connectivity index (χ1) is 13.7. The van der Waals surface area contributed by atoms with Crippen molar-refractivity contribution in [3.63, 3.8) is 0 Å². The molecule has 2 heterocycles. The molecular formula is C24H29NO3. The summed E-state index contributed by atoms with van der Waals surface area (Å²) in [4.78, 5) is 16.0. The molecule has 0 amide bonds. The number of carbonyl (C=O) groups excluding carboxylic acids is 1. The summed E-state index contributed by atoms with van der Waals surface area (Å²) >= 11 is 0. The number of rotatable bonds is 3. The van der Waals surface area contributed by atoms with Gasteiger partial charge in [0.15, 0.2) is 5.76 Å². The van der Waals surface area contributed by atoms with E-state index in [4.69, 9.17) is 9.15 Å². The van der Waals surface area contributed by atoms with Crippen molar-refractivity contribution in [2.24, 2.45) is 23.2 Å². The Morgan fingerprint density at radius 1 is 1.07 bits per heavy atom. The highest BCUT2D eigenvalue weighted by molar-refractivity contribution is 6.01. The van der Waals surface area contributed by atoms with Crippen molar-refractivity contribution >= 4 is 22.4 Å². The summed E-state index contributed by atoms with van der Waals surface area (Å²) < 4.78 is 11.6. The smallest absolute Gasteiger partial charge is 0.204 e. The van der Waals surface area contributed by atoms with E-state index in [1.54, 1.807) is 0 Å². The normalized spacial score (nSPS) is 34.7. The minimum Gasteiger partial charge on any atom is -0.453 e. The largest absolute Gasteiger partial charge is 0.453 e. The van der Waals surface area contributed by atoms with Crippen LogP contribution in [0.2, 0.25) is 0 Å². The van der Waals surface area contributed by atoms with Crippen molar-refractivity contribution in [2.45, 2.75) is 44.9 Å². The van der Waals surface area contributed by atoms with Crippen LogP contribution >= 0.6 is 0 Å². The number of anilines is 1. The number of hydrogen-bond acceptors (Lipinski definition) is 4. The van der Waals surface area contributed by atoms with Gasteiger partial charge in [0.25, 0.3) is 0 Å². The van der Waals surface area contributed by atoms with Crippen LogP contribution in [-0.4, -0.2) is 32.1 Å². The molecule has 6 rings (SSSR count). The Labute approximate surface area is 166 Å². The summed E-state index contributed by atoms with van der Waals surface area (Å²) in [6, 6.07) is 8.34. The molecule has 1 aliphatic heterocycles. The lowest BCUT2D eigenvalue weighted by Crippen LogP contribution is -2.36. The Morgan fingerprint density at radius 3 is 2.82 bits per heavy atom. The number of nitrogens with zero attached hydrogens (tertiary/aromatic N) is 1. The van der Waals surface area contributed by atoms with Crippen LogP contribution in [0.3, 0.4) is 0 Å². The van der Waals surface area contributed by atoms with Gasteiger partial charge in [-0.25, -0.2) is 0 Å². The molecule has 0 radical (unpaired) electrons. The molecule has 0 N–H and O–H groups in total. The molecule has 0 spiro atoms. The maximum atomic E-state index is 13.7. The number of Topliss-reactive ketones (excluding diaryl/α,β-unsaturated/α-hetero) is 1. The van der Waals surface area contributed by atoms with E-state index in [-0.39, 0.29) is 11.2 Å². The van der Waals surface area contributed by atoms with Crippen molar-refractivity contribution in [3.05, 3.63) is 30.0 Å². The number of furan rings is 1. The van der Waals surface area contributed by atoms with Gasteiger partial charge in [0.1, 0.15) is 5.58 Å². The third-order valence-corrected chi connectivity index (χ3v) is 8.09. The van der Waals surface area contributed by atoms with Gasteiger partial charge in [0.2, 0.25) is 5.78 Å². The second-order valence-corrected chi connectivity index (χ2v) is 9.70. The lowest BCUT2D eigenvalue weighted by atomic mass is 9.64. The van der Waals surface area contributed by atoms with Gasteiger partial charge >= 0.3 is 0 Å². The van der Waals surface area contributed by atoms with E-state index in [0.717, 1.165) is 80.0 Å². The average molecular weight is 380 g/mol. The molecule has 3 aliphatic carbocycles. The van der Waals surface area contributed by atoms with Crippen molar-refractivity contribution in [1.82, 2.24) is 0 Å². The Hall–Kier alpha value is -1.81. The summed E-state index contributed by atoms with van der Waals surface area (Å²) in [5.74, 6) is 3.31. The lowest BCUT2D eigenvalue weighted by molar-refractivity contribution is 0.0582. The third kappa shape index (κ3) is 2.64. The van der Waals surface area contributed by atoms with Gasteiger partial charge in [-0.05, 0) is 68.1 Å². The van der Waals surface area contributed by atoms with E-state index in [2.05, 4.69) is 23.1 Å². The van der Waals surface area contributed by atoms with E-state index in [9.17, 15) is 4.79 Å². The van der Waals surface area contributed by atoms with E-state index in [1.807, 2.05) is 6.07 Å². The number of ketones is 1. The maximum absolute atomic E-state index is 13.7. The van der Waals surface area contributed by atoms with Gasteiger partial charge < -0.3 is 14.1 Å². The molecule has 28 heavy (non-hydrogen) atoms. The van der Waals surface area contributed by atoms with E-state index in [0.29, 0.717) is 5.76 Å². The third-order valence-electron chi connectivity index (χ3n) is 8.09. The zero-order valence-electron chi connectivity index (χ0n) is 16.5. The van der Waals surface area contributed by atoms with Crippen LogP contribution in [0.1, 0.15) is 55.5 Å². The van der Waals surface area contributed by atoms with Crippen molar-refractivity contribution in [3.8, 4) is 0 Å². The Morgan fingerprint density at radius 2 is 1.93 bits per heavy atom. The Bertz CT molecular complexity index is 912. The summed E-state index contributed by atoms with van der Waals surface area (Å²) in [5, 5.41) is 1.04. The van der Waals surface area contributed by atoms with Crippen LogP contribution in [0.25, 0.3) is 11.0 Å². The quantitative estimate of drug-likeness (QED) is 0.699. The van der Waals surface area contributed by atoms with Crippen LogP contribution in [0.5, 0.6) is 0 Å². The molecule has 2 aromatic rings. The monoisotopic (exact) mass is 379 g/mol. The topological polar surface area (TPSA) is 42.7 Å². The van der Waals surface area contributed by atoms with E-state index < -0.39 is 0 Å². The molecule has 4 aliphatic rings. The molecule has 4 unspecified atom stereocenters. The lowest BCUT2D eigenvalue weighted by Gasteiger charge is -2.38. The highest BCUT2D eigenvalue weighted by atomic mass is 16.5. The minimum absolute atomic E-state index is 0.153.